The molecule has 3 N–H and O–H groups in total. The van der Waals surface area contributed by atoms with Crippen molar-refractivity contribution in [1.82, 2.24) is 14.5 Å². The van der Waals surface area contributed by atoms with Crippen LogP contribution in [0.5, 0.6) is 0 Å². The zero-order valence-corrected chi connectivity index (χ0v) is 14.1. The van der Waals surface area contributed by atoms with E-state index in [0.29, 0.717) is 5.69 Å². The minimum Gasteiger partial charge on any atom is -0.386 e. The Morgan fingerprint density at radius 3 is 3.04 bits per heavy atom. The van der Waals surface area contributed by atoms with Crippen molar-refractivity contribution in [2.75, 3.05) is 0 Å². The lowest BCUT2D eigenvalue weighted by Gasteiger charge is -2.33. The van der Waals surface area contributed by atoms with Gasteiger partial charge in [-0.1, -0.05) is 24.3 Å². The first-order valence-corrected chi connectivity index (χ1v) is 9.05. The second-order valence-electron chi connectivity index (χ2n) is 6.56. The maximum Gasteiger partial charge on any atom is 0.277 e. The number of amides is 1. The van der Waals surface area contributed by atoms with Crippen LogP contribution in [0.4, 0.5) is 0 Å². The van der Waals surface area contributed by atoms with Gasteiger partial charge in [0.1, 0.15) is 6.10 Å². The fourth-order valence-corrected chi connectivity index (χ4v) is 5.15. The smallest absolute Gasteiger partial charge is 0.277 e. The largest absolute Gasteiger partial charge is 0.386 e. The molecule has 0 saturated heterocycles. The molecular weight excluding hydrogens is 336 g/mol. The van der Waals surface area contributed by atoms with E-state index in [-0.39, 0.29) is 17.0 Å². The number of rotatable bonds is 2. The van der Waals surface area contributed by atoms with E-state index in [9.17, 15) is 9.90 Å². The zero-order valence-electron chi connectivity index (χ0n) is 13.3. The molecule has 0 spiro atoms. The molecule has 25 heavy (non-hydrogen) atoms. The summed E-state index contributed by atoms with van der Waals surface area (Å²) < 4.78 is 2.14. The van der Waals surface area contributed by atoms with Gasteiger partial charge in [-0.05, 0) is 18.4 Å². The third-order valence-electron chi connectivity index (χ3n) is 5.26. The van der Waals surface area contributed by atoms with E-state index in [1.54, 1.807) is 0 Å². The summed E-state index contributed by atoms with van der Waals surface area (Å²) in [7, 11) is 0. The van der Waals surface area contributed by atoms with E-state index >= 15 is 0 Å². The summed E-state index contributed by atoms with van der Waals surface area (Å²) in [4.78, 5) is 21.0. The molecule has 3 atom stereocenters. The van der Waals surface area contributed by atoms with Crippen LogP contribution >= 0.6 is 11.3 Å². The molecule has 0 unspecified atom stereocenters. The van der Waals surface area contributed by atoms with Gasteiger partial charge in [0.05, 0.1) is 30.0 Å². The molecule has 0 bridgehead atoms. The number of aliphatic hydroxyl groups excluding tert-OH is 1. The summed E-state index contributed by atoms with van der Waals surface area (Å²) in [5.41, 5.74) is 9.42. The minimum absolute atomic E-state index is 0.0214. The summed E-state index contributed by atoms with van der Waals surface area (Å²) in [6.45, 7) is 0. The number of carbonyl (C=O) groups is 1. The van der Waals surface area contributed by atoms with Crippen LogP contribution in [0.25, 0.3) is 11.3 Å². The molecule has 0 saturated carbocycles. The molecule has 7 heteroatoms. The van der Waals surface area contributed by atoms with Crippen LogP contribution in [0.15, 0.2) is 36.8 Å². The van der Waals surface area contributed by atoms with Gasteiger partial charge in [-0.2, -0.15) is 0 Å². The number of imidazole rings is 1. The normalized spacial score (nSPS) is 23.8. The van der Waals surface area contributed by atoms with Crippen molar-refractivity contribution in [2.24, 2.45) is 11.7 Å². The Morgan fingerprint density at radius 1 is 1.36 bits per heavy atom. The van der Waals surface area contributed by atoms with Crippen molar-refractivity contribution in [1.29, 1.82) is 0 Å². The molecule has 126 valence electrons. The van der Waals surface area contributed by atoms with E-state index in [1.807, 2.05) is 24.7 Å². The number of benzene rings is 1. The van der Waals surface area contributed by atoms with Crippen molar-refractivity contribution in [2.45, 2.75) is 25.0 Å². The third-order valence-corrected chi connectivity index (χ3v) is 6.40. The van der Waals surface area contributed by atoms with Crippen molar-refractivity contribution in [3.05, 3.63) is 57.9 Å². The van der Waals surface area contributed by atoms with Gasteiger partial charge in [-0.15, -0.1) is 11.3 Å². The van der Waals surface area contributed by atoms with Gasteiger partial charge >= 0.3 is 0 Å². The molecule has 3 heterocycles. The van der Waals surface area contributed by atoms with Crippen LogP contribution in [-0.2, 0) is 6.42 Å². The number of aromatic nitrogens is 3. The summed E-state index contributed by atoms with van der Waals surface area (Å²) in [5.74, 6) is -0.557. The zero-order chi connectivity index (χ0) is 17.1. The lowest BCUT2D eigenvalue weighted by molar-refractivity contribution is 0.0690. The first-order chi connectivity index (χ1) is 12.1. The lowest BCUT2D eigenvalue weighted by Crippen LogP contribution is -2.28. The average Bonchev–Trinajstić information content (AvgIpc) is 3.29. The van der Waals surface area contributed by atoms with Crippen LogP contribution in [-0.4, -0.2) is 25.5 Å². The highest BCUT2D eigenvalue weighted by Crippen LogP contribution is 2.50. The number of thiazole rings is 1. The van der Waals surface area contributed by atoms with E-state index in [1.165, 1.54) is 22.5 Å². The molecule has 5 rings (SSSR count). The Morgan fingerprint density at radius 2 is 2.20 bits per heavy atom. The van der Waals surface area contributed by atoms with Crippen molar-refractivity contribution in [3.63, 3.8) is 0 Å². The van der Waals surface area contributed by atoms with Crippen molar-refractivity contribution in [3.8, 4) is 11.3 Å². The summed E-state index contributed by atoms with van der Waals surface area (Å²) in [6.07, 6.45) is 4.60. The molecule has 1 aliphatic carbocycles. The van der Waals surface area contributed by atoms with Gasteiger partial charge in [0, 0.05) is 16.4 Å². The maximum absolute atomic E-state index is 11.4. The SMILES string of the molecule is NC(=O)c1nc2c(s1)CC[C@@H]([C@@H]1c3ccccc3-c3cncn31)[C@@H]2O. The molecule has 0 radical (unpaired) electrons. The molecule has 1 amide bonds. The first-order valence-electron chi connectivity index (χ1n) is 8.23. The predicted octanol–water partition coefficient (Wildman–Crippen LogP) is 2.30. The quantitative estimate of drug-likeness (QED) is 0.740. The monoisotopic (exact) mass is 352 g/mol. The highest BCUT2D eigenvalue weighted by molar-refractivity contribution is 7.13. The number of hydrogen-bond acceptors (Lipinski definition) is 5. The van der Waals surface area contributed by atoms with E-state index < -0.39 is 12.0 Å². The molecule has 6 nitrogen and oxygen atoms in total. The summed E-state index contributed by atoms with van der Waals surface area (Å²) in [5, 5.41) is 11.3. The van der Waals surface area contributed by atoms with Gasteiger partial charge in [-0.25, -0.2) is 9.97 Å². The second-order valence-corrected chi connectivity index (χ2v) is 7.64. The number of aryl methyl sites for hydroxylation is 1. The molecule has 3 aromatic rings. The first kappa shape index (κ1) is 14.8. The molecule has 2 aliphatic rings. The Bertz CT molecular complexity index is 993. The Labute approximate surface area is 148 Å². The standard InChI is InChI=1S/C18H16N4O2S/c19-17(24)18-21-14-13(25-18)6-5-11(16(14)23)15-10-4-2-1-3-9(10)12-7-20-8-22(12)15/h1-4,7-8,11,15-16,23H,5-6H2,(H2,19,24)/t11-,15-,16-/m0/s1. The number of hydrogen-bond donors (Lipinski definition) is 2. The number of nitrogens with two attached hydrogens (primary N) is 1. The Hall–Kier alpha value is -2.51. The molecular formula is C18H16N4O2S. The Balaban J connectivity index is 1.59. The van der Waals surface area contributed by atoms with Crippen LogP contribution < -0.4 is 5.73 Å². The van der Waals surface area contributed by atoms with Gasteiger partial charge < -0.3 is 15.4 Å². The number of fused-ring (bicyclic) bond motifs is 4. The average molecular weight is 352 g/mol. The molecule has 1 aliphatic heterocycles. The van der Waals surface area contributed by atoms with E-state index in [2.05, 4.69) is 26.7 Å². The Kier molecular flexibility index (Phi) is 3.10. The van der Waals surface area contributed by atoms with Crippen molar-refractivity contribution < 1.29 is 9.90 Å². The number of nitrogens with zero attached hydrogens (tertiary/aromatic N) is 3. The third kappa shape index (κ3) is 2.03. The predicted molar refractivity (Wildman–Crippen MR) is 93.2 cm³/mol. The fraction of sp³-hybridized carbons (Fsp3) is 0.278. The second kappa shape index (κ2) is 5.24. The van der Waals surface area contributed by atoms with Crippen molar-refractivity contribution >= 4 is 17.2 Å². The fourth-order valence-electron chi connectivity index (χ4n) is 4.18. The highest BCUT2D eigenvalue weighted by Gasteiger charge is 2.42. The lowest BCUT2D eigenvalue weighted by atomic mass is 9.80. The van der Waals surface area contributed by atoms with Gasteiger partial charge in [0.2, 0.25) is 0 Å². The summed E-state index contributed by atoms with van der Waals surface area (Å²) >= 11 is 1.30. The molecule has 2 aromatic heterocycles. The van der Waals surface area contributed by atoms with Crippen LogP contribution in [0.3, 0.4) is 0 Å². The highest BCUT2D eigenvalue weighted by atomic mass is 32.1. The van der Waals surface area contributed by atoms with E-state index in [4.69, 9.17) is 5.73 Å². The number of carbonyl (C=O) groups excluding carboxylic acids is 1. The summed E-state index contributed by atoms with van der Waals surface area (Å²) in [6, 6.07) is 8.28. The molecule has 1 aromatic carbocycles. The van der Waals surface area contributed by atoms with Crippen LogP contribution in [0.1, 0.15) is 44.5 Å². The van der Waals surface area contributed by atoms with Gasteiger partial charge in [0.25, 0.3) is 5.91 Å². The van der Waals surface area contributed by atoms with E-state index in [0.717, 1.165) is 23.4 Å². The van der Waals surface area contributed by atoms with Gasteiger partial charge in [0.15, 0.2) is 5.01 Å². The topological polar surface area (TPSA) is 94.0 Å². The van der Waals surface area contributed by atoms with Crippen LogP contribution in [0.2, 0.25) is 0 Å². The van der Waals surface area contributed by atoms with Gasteiger partial charge in [-0.3, -0.25) is 4.79 Å². The molecule has 0 fully saturated rings. The number of aliphatic hydroxyl groups is 1. The van der Waals surface area contributed by atoms with Crippen LogP contribution in [0, 0.1) is 5.92 Å². The maximum atomic E-state index is 11.4. The minimum atomic E-state index is -0.723. The number of primary amides is 1.